The van der Waals surface area contributed by atoms with Crippen LogP contribution in [0.1, 0.15) is 11.9 Å². The van der Waals surface area contributed by atoms with E-state index in [0.717, 1.165) is 28.1 Å². The predicted molar refractivity (Wildman–Crippen MR) is 61.1 cm³/mol. The molecular weight excluding hydrogens is 188 g/mol. The molecule has 2 heterocycles. The Kier molecular flexibility index (Phi) is 1.59. The summed E-state index contributed by atoms with van der Waals surface area (Å²) >= 11 is 0. The molecule has 1 N–H and O–H groups in total. The van der Waals surface area contributed by atoms with E-state index in [2.05, 4.69) is 9.97 Å². The number of aromatic amines is 1. The lowest BCUT2D eigenvalue weighted by atomic mass is 10.2. The van der Waals surface area contributed by atoms with Crippen LogP contribution < -0.4 is 0 Å². The highest BCUT2D eigenvalue weighted by molar-refractivity contribution is 6.10. The number of aldehydes is 1. The van der Waals surface area contributed by atoms with Gasteiger partial charge in [0.1, 0.15) is 5.69 Å². The van der Waals surface area contributed by atoms with Gasteiger partial charge in [-0.1, -0.05) is 18.2 Å². The summed E-state index contributed by atoms with van der Waals surface area (Å²) in [5, 5.41) is 2.17. The van der Waals surface area contributed by atoms with Gasteiger partial charge >= 0.3 is 0 Å². The highest BCUT2D eigenvalue weighted by Gasteiger charge is 2.06. The van der Waals surface area contributed by atoms with Gasteiger partial charge in [0.15, 0.2) is 6.29 Å². The maximum atomic E-state index is 10.8. The van der Waals surface area contributed by atoms with Gasteiger partial charge in [-0.3, -0.25) is 9.78 Å². The lowest BCUT2D eigenvalue weighted by molar-refractivity contribution is 0.112. The Morgan fingerprint density at radius 1 is 1.20 bits per heavy atom. The maximum absolute atomic E-state index is 10.8. The molecule has 3 heteroatoms. The van der Waals surface area contributed by atoms with E-state index in [0.29, 0.717) is 5.69 Å². The molecule has 1 aromatic carbocycles. The fraction of sp³-hybridized carbons (Fsp3) is 0. The number of pyridine rings is 1. The average Bonchev–Trinajstić information content (AvgIpc) is 2.67. The number of rotatable bonds is 1. The number of hydrogen-bond donors (Lipinski definition) is 1. The van der Waals surface area contributed by atoms with E-state index in [1.54, 1.807) is 6.20 Å². The van der Waals surface area contributed by atoms with Gasteiger partial charge in [0, 0.05) is 23.9 Å². The quantitative estimate of drug-likeness (QED) is 0.611. The first-order chi connectivity index (χ1) is 7.40. The minimum Gasteiger partial charge on any atom is -0.353 e. The summed E-state index contributed by atoms with van der Waals surface area (Å²) in [5.41, 5.74) is 2.31. The zero-order valence-electron chi connectivity index (χ0n) is 7.90. The molecule has 74 valence electrons. The number of para-hydroxylation sites is 1. The van der Waals surface area contributed by atoms with E-state index in [-0.39, 0.29) is 1.43 Å². The van der Waals surface area contributed by atoms with Crippen LogP contribution in [0.3, 0.4) is 0 Å². The van der Waals surface area contributed by atoms with Crippen LogP contribution in [0.15, 0.2) is 36.5 Å². The largest absolute Gasteiger partial charge is 0.353 e. The Morgan fingerprint density at radius 2 is 2.07 bits per heavy atom. The van der Waals surface area contributed by atoms with Gasteiger partial charge in [-0.15, -0.1) is 0 Å². The topological polar surface area (TPSA) is 45.8 Å². The molecule has 0 atom stereocenters. The van der Waals surface area contributed by atoms with Gasteiger partial charge in [0.05, 0.1) is 5.52 Å². The molecule has 0 aliphatic carbocycles. The van der Waals surface area contributed by atoms with Crippen molar-refractivity contribution in [2.75, 3.05) is 0 Å². The van der Waals surface area contributed by atoms with E-state index in [1.165, 1.54) is 0 Å². The van der Waals surface area contributed by atoms with Crippen molar-refractivity contribution < 1.29 is 6.22 Å². The minimum absolute atomic E-state index is 0. The van der Waals surface area contributed by atoms with Crippen LogP contribution in [0.2, 0.25) is 0 Å². The van der Waals surface area contributed by atoms with Crippen LogP contribution >= 0.6 is 0 Å². The molecule has 0 unspecified atom stereocenters. The van der Waals surface area contributed by atoms with Crippen molar-refractivity contribution in [3.8, 4) is 0 Å². The van der Waals surface area contributed by atoms with Crippen molar-refractivity contribution in [1.82, 2.24) is 9.97 Å². The van der Waals surface area contributed by atoms with Crippen LogP contribution in [0.25, 0.3) is 21.8 Å². The standard InChI is InChI=1S/C12H8N2O.H2/c15-7-11-12-9(5-6-13-11)8-3-1-2-4-10(8)14-12;/h1-7,14H;1H. The van der Waals surface area contributed by atoms with Crippen molar-refractivity contribution >= 4 is 28.1 Å². The van der Waals surface area contributed by atoms with Crippen LogP contribution in [0.5, 0.6) is 0 Å². The first-order valence-electron chi connectivity index (χ1n) is 4.71. The molecular formula is C12H10N2O. The zero-order valence-corrected chi connectivity index (χ0v) is 7.90. The van der Waals surface area contributed by atoms with Crippen LogP contribution in [0, 0.1) is 0 Å². The van der Waals surface area contributed by atoms with Gasteiger partial charge in [0.2, 0.25) is 0 Å². The summed E-state index contributed by atoms with van der Waals surface area (Å²) in [6, 6.07) is 9.89. The molecule has 0 saturated carbocycles. The second-order valence-corrected chi connectivity index (χ2v) is 3.41. The number of H-pyrrole nitrogens is 1. The van der Waals surface area contributed by atoms with Crippen molar-refractivity contribution in [2.24, 2.45) is 0 Å². The van der Waals surface area contributed by atoms with Crippen LogP contribution in [-0.4, -0.2) is 16.3 Å². The highest BCUT2D eigenvalue weighted by Crippen LogP contribution is 2.25. The lowest BCUT2D eigenvalue weighted by Crippen LogP contribution is -1.86. The van der Waals surface area contributed by atoms with E-state index in [1.807, 2.05) is 30.3 Å². The number of carbonyl (C=O) groups is 1. The van der Waals surface area contributed by atoms with Crippen molar-refractivity contribution in [1.29, 1.82) is 0 Å². The van der Waals surface area contributed by atoms with Crippen LogP contribution in [0.4, 0.5) is 0 Å². The predicted octanol–water partition coefficient (Wildman–Crippen LogP) is 2.77. The number of carbonyl (C=O) groups excluding carboxylic acids is 1. The first-order valence-corrected chi connectivity index (χ1v) is 4.71. The molecule has 15 heavy (non-hydrogen) atoms. The Hall–Kier alpha value is -2.16. The van der Waals surface area contributed by atoms with E-state index in [9.17, 15) is 4.79 Å². The molecule has 0 saturated heterocycles. The number of aromatic nitrogens is 2. The van der Waals surface area contributed by atoms with Crippen molar-refractivity contribution in [3.63, 3.8) is 0 Å². The normalized spacial score (nSPS) is 10.9. The summed E-state index contributed by atoms with van der Waals surface area (Å²) in [4.78, 5) is 18.0. The van der Waals surface area contributed by atoms with E-state index in [4.69, 9.17) is 0 Å². The third-order valence-corrected chi connectivity index (χ3v) is 2.57. The zero-order chi connectivity index (χ0) is 10.3. The average molecular weight is 198 g/mol. The molecule has 0 amide bonds. The van der Waals surface area contributed by atoms with Crippen molar-refractivity contribution in [2.45, 2.75) is 0 Å². The van der Waals surface area contributed by atoms with Gasteiger partial charge in [0.25, 0.3) is 0 Å². The summed E-state index contributed by atoms with van der Waals surface area (Å²) in [6.45, 7) is 0. The Balaban J connectivity index is 0.000000963. The fourth-order valence-corrected chi connectivity index (χ4v) is 1.88. The Labute approximate surface area is 87.2 Å². The highest BCUT2D eigenvalue weighted by atomic mass is 16.1. The molecule has 0 bridgehead atoms. The maximum Gasteiger partial charge on any atom is 0.170 e. The number of benzene rings is 1. The molecule has 3 rings (SSSR count). The molecule has 0 spiro atoms. The summed E-state index contributed by atoms with van der Waals surface area (Å²) < 4.78 is 0. The first kappa shape index (κ1) is 8.17. The molecule has 0 aliphatic heterocycles. The van der Waals surface area contributed by atoms with Gasteiger partial charge in [-0.25, -0.2) is 0 Å². The Bertz CT molecular complexity index is 660. The summed E-state index contributed by atoms with van der Waals surface area (Å²) in [6.07, 6.45) is 2.43. The second kappa shape index (κ2) is 2.92. The van der Waals surface area contributed by atoms with E-state index >= 15 is 0 Å². The molecule has 3 aromatic rings. The SMILES string of the molecule is O=Cc1nccc2c1[nH]c1ccccc12.[HH]. The molecule has 3 nitrogen and oxygen atoms in total. The second-order valence-electron chi connectivity index (χ2n) is 3.41. The molecule has 0 radical (unpaired) electrons. The number of fused-ring (bicyclic) bond motifs is 3. The number of nitrogens with zero attached hydrogens (tertiary/aromatic N) is 1. The third-order valence-electron chi connectivity index (χ3n) is 2.57. The van der Waals surface area contributed by atoms with Gasteiger partial charge < -0.3 is 4.98 Å². The molecule has 2 aromatic heterocycles. The lowest BCUT2D eigenvalue weighted by Gasteiger charge is -1.91. The monoisotopic (exact) mass is 198 g/mol. The number of nitrogens with one attached hydrogen (secondary N) is 1. The third kappa shape index (κ3) is 1.06. The van der Waals surface area contributed by atoms with E-state index < -0.39 is 0 Å². The van der Waals surface area contributed by atoms with Gasteiger partial charge in [-0.05, 0) is 12.1 Å². The minimum atomic E-state index is 0. The summed E-state index contributed by atoms with van der Waals surface area (Å²) in [7, 11) is 0. The smallest absolute Gasteiger partial charge is 0.170 e. The molecule has 0 fully saturated rings. The van der Waals surface area contributed by atoms with Crippen LogP contribution in [-0.2, 0) is 0 Å². The fourth-order valence-electron chi connectivity index (χ4n) is 1.88. The molecule has 0 aliphatic rings. The van der Waals surface area contributed by atoms with Gasteiger partial charge in [-0.2, -0.15) is 0 Å². The Morgan fingerprint density at radius 3 is 2.93 bits per heavy atom. The number of hydrogen-bond acceptors (Lipinski definition) is 2. The summed E-state index contributed by atoms with van der Waals surface area (Å²) in [5.74, 6) is 0. The van der Waals surface area contributed by atoms with Crippen molar-refractivity contribution in [3.05, 3.63) is 42.2 Å².